The predicted octanol–water partition coefficient (Wildman–Crippen LogP) is 7.37. The van der Waals surface area contributed by atoms with Gasteiger partial charge in [0.15, 0.2) is 0 Å². The first-order valence-corrected chi connectivity index (χ1v) is 15.7. The number of carbonyl (C=O) groups is 1. The van der Waals surface area contributed by atoms with Gasteiger partial charge in [-0.2, -0.15) is 0 Å². The lowest BCUT2D eigenvalue weighted by atomic mass is 9.98. The van der Waals surface area contributed by atoms with Crippen LogP contribution < -0.4 is 5.32 Å². The zero-order valence-electron chi connectivity index (χ0n) is 24.5. The number of piperidine rings is 1. The second-order valence-corrected chi connectivity index (χ2v) is 12.7. The van der Waals surface area contributed by atoms with Crippen molar-refractivity contribution < 1.29 is 4.79 Å². The largest absolute Gasteiger partial charge is 0.331 e. The minimum atomic E-state index is -0.276. The number of likely N-dealkylation sites (tertiary alicyclic amines) is 1. The number of hydrogen-bond donors (Lipinski definition) is 1. The highest BCUT2D eigenvalue weighted by molar-refractivity contribution is 6.43. The fourth-order valence-electron chi connectivity index (χ4n) is 6.26. The lowest BCUT2D eigenvalue weighted by molar-refractivity contribution is 0.105. The van der Waals surface area contributed by atoms with Gasteiger partial charge in [-0.3, -0.25) is 4.90 Å². The second kappa shape index (κ2) is 12.2. The van der Waals surface area contributed by atoms with Gasteiger partial charge in [0.1, 0.15) is 6.33 Å². The van der Waals surface area contributed by atoms with Crippen LogP contribution in [0.3, 0.4) is 0 Å². The summed E-state index contributed by atoms with van der Waals surface area (Å²) >= 11 is 13.2. The van der Waals surface area contributed by atoms with E-state index in [0.717, 1.165) is 79.7 Å². The first-order valence-electron chi connectivity index (χ1n) is 15.0. The number of fused-ring (bicyclic) bond motifs is 1. The van der Waals surface area contributed by atoms with Gasteiger partial charge in [0.05, 0.1) is 21.8 Å². The van der Waals surface area contributed by atoms with Gasteiger partial charge in [-0.15, -0.1) is 0 Å². The standard InChI is InChI=1S/C34H37Cl2N5O/c1-21-18-30(38-20-37-21)26-9-12-29-25(19-26)10-13-31(29)41-16-14-27(15-17-41)40(3)34(42)39-22(2)28-11-8-24(32(35)33(28)36)7-6-23-4-5-23/h8-9,11-12,18-20,22-23,27,31H,4-5,10,13-17H2,1-3H3,(H,39,42)/t22-,31+/m0/s1. The predicted molar refractivity (Wildman–Crippen MR) is 169 cm³/mol. The number of nitrogens with one attached hydrogen (secondary N) is 1. The minimum absolute atomic E-state index is 0.0931. The molecule has 1 saturated carbocycles. The number of aromatic nitrogens is 2. The number of hydrogen-bond acceptors (Lipinski definition) is 4. The molecule has 0 unspecified atom stereocenters. The van der Waals surface area contributed by atoms with Gasteiger partial charge >= 0.3 is 6.03 Å². The number of nitrogens with zero attached hydrogens (tertiary/aromatic N) is 4. The molecule has 2 fully saturated rings. The third kappa shape index (κ3) is 6.15. The quantitative estimate of drug-likeness (QED) is 0.310. The topological polar surface area (TPSA) is 61.4 Å². The average molecular weight is 603 g/mol. The Labute approximate surface area is 258 Å². The molecule has 3 aromatic rings. The zero-order chi connectivity index (χ0) is 29.4. The van der Waals surface area contributed by atoms with E-state index in [1.165, 1.54) is 11.1 Å². The fourth-order valence-corrected chi connectivity index (χ4v) is 6.81. The van der Waals surface area contributed by atoms with Crippen molar-refractivity contribution in [2.24, 2.45) is 5.92 Å². The first-order chi connectivity index (χ1) is 20.3. The number of halogens is 2. The molecule has 3 aliphatic rings. The van der Waals surface area contributed by atoms with Crippen LogP contribution >= 0.6 is 23.2 Å². The van der Waals surface area contributed by atoms with E-state index in [0.29, 0.717) is 22.0 Å². The van der Waals surface area contributed by atoms with Crippen molar-refractivity contribution in [1.82, 2.24) is 25.1 Å². The molecule has 6 nitrogen and oxygen atoms in total. The lowest BCUT2D eigenvalue weighted by Gasteiger charge is -2.40. The molecule has 1 saturated heterocycles. The summed E-state index contributed by atoms with van der Waals surface area (Å²) in [4.78, 5) is 26.4. The number of amides is 2. The Balaban J connectivity index is 1.04. The summed E-state index contributed by atoms with van der Waals surface area (Å²) in [5.74, 6) is 6.87. The molecule has 2 aromatic carbocycles. The Morgan fingerprint density at radius 1 is 1.05 bits per heavy atom. The van der Waals surface area contributed by atoms with E-state index in [1.54, 1.807) is 6.33 Å². The van der Waals surface area contributed by atoms with Crippen LogP contribution in [0.1, 0.15) is 79.1 Å². The molecule has 42 heavy (non-hydrogen) atoms. The van der Waals surface area contributed by atoms with Crippen LogP contribution in [0.5, 0.6) is 0 Å². The Morgan fingerprint density at radius 2 is 1.83 bits per heavy atom. The molecule has 2 heterocycles. The number of rotatable bonds is 5. The average Bonchev–Trinajstić information content (AvgIpc) is 3.73. The molecule has 1 aliphatic heterocycles. The van der Waals surface area contributed by atoms with Crippen molar-refractivity contribution in [2.45, 2.75) is 70.5 Å². The van der Waals surface area contributed by atoms with Crippen molar-refractivity contribution in [3.8, 4) is 23.1 Å². The highest BCUT2D eigenvalue weighted by Gasteiger charge is 2.33. The van der Waals surface area contributed by atoms with Crippen LogP contribution in [-0.4, -0.2) is 52.0 Å². The number of aryl methyl sites for hydroxylation is 2. The van der Waals surface area contributed by atoms with Gasteiger partial charge in [0.2, 0.25) is 0 Å². The minimum Gasteiger partial charge on any atom is -0.331 e. The molecule has 1 aromatic heterocycles. The number of carbonyl (C=O) groups excluding carboxylic acids is 1. The Kier molecular flexibility index (Phi) is 8.45. The van der Waals surface area contributed by atoms with Crippen LogP contribution in [0, 0.1) is 24.7 Å². The molecule has 0 bridgehead atoms. The zero-order valence-corrected chi connectivity index (χ0v) is 26.0. The maximum atomic E-state index is 13.2. The van der Waals surface area contributed by atoms with E-state index >= 15 is 0 Å². The first kappa shape index (κ1) is 29.0. The van der Waals surface area contributed by atoms with Crippen molar-refractivity contribution in [3.63, 3.8) is 0 Å². The fraction of sp³-hybridized carbons (Fsp3) is 0.441. The van der Waals surface area contributed by atoms with Crippen LogP contribution in [-0.2, 0) is 6.42 Å². The van der Waals surface area contributed by atoms with Crippen LogP contribution in [0.4, 0.5) is 4.79 Å². The summed E-state index contributed by atoms with van der Waals surface area (Å²) in [5.41, 5.74) is 7.50. The highest BCUT2D eigenvalue weighted by atomic mass is 35.5. The molecule has 0 radical (unpaired) electrons. The monoisotopic (exact) mass is 601 g/mol. The molecule has 2 aliphatic carbocycles. The van der Waals surface area contributed by atoms with E-state index in [-0.39, 0.29) is 18.1 Å². The summed E-state index contributed by atoms with van der Waals surface area (Å²) in [6, 6.07) is 12.9. The Hall–Kier alpha value is -3.11. The van der Waals surface area contributed by atoms with Crippen molar-refractivity contribution in [2.75, 3.05) is 20.1 Å². The summed E-state index contributed by atoms with van der Waals surface area (Å²) in [7, 11) is 1.90. The molecule has 2 amide bonds. The second-order valence-electron chi connectivity index (χ2n) is 11.9. The molecule has 6 rings (SSSR count). The van der Waals surface area contributed by atoms with Crippen molar-refractivity contribution in [1.29, 1.82) is 0 Å². The summed E-state index contributed by atoms with van der Waals surface area (Å²) in [5, 5.41) is 4.04. The summed E-state index contributed by atoms with van der Waals surface area (Å²) in [6.07, 6.45) is 8.07. The highest BCUT2D eigenvalue weighted by Crippen LogP contribution is 2.39. The number of benzene rings is 2. The SMILES string of the molecule is Cc1cc(-c2ccc3c(c2)CC[C@H]3N2CCC(N(C)C(=O)N[C@@H](C)c3ccc(C#CC4CC4)c(Cl)c3Cl)CC2)ncn1. The molecule has 218 valence electrons. The van der Waals surface area contributed by atoms with Gasteiger partial charge in [-0.05, 0) is 87.3 Å². The number of urea groups is 1. The third-order valence-electron chi connectivity index (χ3n) is 9.00. The van der Waals surface area contributed by atoms with Crippen molar-refractivity contribution in [3.05, 3.63) is 80.7 Å². The van der Waals surface area contributed by atoms with E-state index in [2.05, 4.69) is 50.2 Å². The van der Waals surface area contributed by atoms with Crippen molar-refractivity contribution >= 4 is 29.2 Å². The summed E-state index contributed by atoms with van der Waals surface area (Å²) < 4.78 is 0. The van der Waals surface area contributed by atoms with E-state index < -0.39 is 0 Å². The molecule has 8 heteroatoms. The van der Waals surface area contributed by atoms with Crippen LogP contribution in [0.2, 0.25) is 10.0 Å². The third-order valence-corrected chi connectivity index (χ3v) is 9.90. The van der Waals surface area contributed by atoms with Gasteiger partial charge in [0.25, 0.3) is 0 Å². The summed E-state index contributed by atoms with van der Waals surface area (Å²) in [6.45, 7) is 5.88. The van der Waals surface area contributed by atoms with Gasteiger partial charge < -0.3 is 10.2 Å². The maximum Gasteiger partial charge on any atom is 0.317 e. The molecule has 1 N–H and O–H groups in total. The van der Waals surface area contributed by atoms with E-state index in [4.69, 9.17) is 23.2 Å². The van der Waals surface area contributed by atoms with Gasteiger partial charge in [0, 0.05) is 55.0 Å². The van der Waals surface area contributed by atoms with Crippen LogP contribution in [0.25, 0.3) is 11.3 Å². The lowest BCUT2D eigenvalue weighted by Crippen LogP contribution is -2.49. The molecular weight excluding hydrogens is 565 g/mol. The van der Waals surface area contributed by atoms with Gasteiger partial charge in [-0.1, -0.05) is 53.2 Å². The molecule has 0 spiro atoms. The normalized spacial score (nSPS) is 19.5. The molecule has 2 atom stereocenters. The van der Waals surface area contributed by atoms with E-state index in [1.807, 2.05) is 44.0 Å². The van der Waals surface area contributed by atoms with Crippen LogP contribution in [0.15, 0.2) is 42.7 Å². The van der Waals surface area contributed by atoms with E-state index in [9.17, 15) is 4.79 Å². The smallest absolute Gasteiger partial charge is 0.317 e. The Bertz CT molecular complexity index is 1550. The molecular formula is C34H37Cl2N5O. The van der Waals surface area contributed by atoms with Gasteiger partial charge in [-0.25, -0.2) is 14.8 Å². The Morgan fingerprint density at radius 3 is 2.57 bits per heavy atom. The maximum absolute atomic E-state index is 13.2.